The molecular weight excluding hydrogens is 336 g/mol. The molecular formula is C19H15ClN4O. The number of nitrogens with zero attached hydrogens (tertiary/aromatic N) is 2. The molecule has 0 aliphatic carbocycles. The van der Waals surface area contributed by atoms with Gasteiger partial charge in [0.25, 0.3) is 5.91 Å². The number of nitriles is 2. The second kappa shape index (κ2) is 9.12. The van der Waals surface area contributed by atoms with E-state index in [9.17, 15) is 4.79 Å². The van der Waals surface area contributed by atoms with Gasteiger partial charge in [-0.25, -0.2) is 0 Å². The molecule has 2 rings (SSSR count). The Hall–Kier alpha value is -3.28. The van der Waals surface area contributed by atoms with Crippen LogP contribution in [0.4, 0.5) is 5.69 Å². The average Bonchev–Trinajstić information content (AvgIpc) is 2.63. The molecule has 2 aromatic rings. The Morgan fingerprint density at radius 3 is 2.52 bits per heavy atom. The van der Waals surface area contributed by atoms with E-state index in [0.29, 0.717) is 22.8 Å². The summed E-state index contributed by atoms with van der Waals surface area (Å²) in [4.78, 5) is 12.1. The van der Waals surface area contributed by atoms with Crippen molar-refractivity contribution in [1.82, 2.24) is 5.32 Å². The van der Waals surface area contributed by atoms with Crippen molar-refractivity contribution in [2.75, 3.05) is 11.9 Å². The van der Waals surface area contributed by atoms with Crippen molar-refractivity contribution in [2.45, 2.75) is 6.42 Å². The van der Waals surface area contributed by atoms with Crippen molar-refractivity contribution in [3.05, 3.63) is 76.5 Å². The summed E-state index contributed by atoms with van der Waals surface area (Å²) in [5, 5.41) is 24.4. The zero-order valence-electron chi connectivity index (χ0n) is 13.3. The molecule has 0 aliphatic heterocycles. The molecule has 0 atom stereocenters. The van der Waals surface area contributed by atoms with Gasteiger partial charge in [0.05, 0.1) is 11.3 Å². The van der Waals surface area contributed by atoms with Gasteiger partial charge in [-0.1, -0.05) is 35.9 Å². The van der Waals surface area contributed by atoms with Crippen molar-refractivity contribution in [3.8, 4) is 12.1 Å². The van der Waals surface area contributed by atoms with Gasteiger partial charge in [0.15, 0.2) is 0 Å². The highest BCUT2D eigenvalue weighted by Gasteiger charge is 2.11. The van der Waals surface area contributed by atoms with E-state index in [-0.39, 0.29) is 5.57 Å². The molecule has 0 fully saturated rings. The molecule has 6 heteroatoms. The molecule has 25 heavy (non-hydrogen) atoms. The summed E-state index contributed by atoms with van der Waals surface area (Å²) >= 11 is 5.83. The molecule has 0 spiro atoms. The smallest absolute Gasteiger partial charge is 0.267 e. The van der Waals surface area contributed by atoms with Crippen LogP contribution in [0.3, 0.4) is 0 Å². The number of hydrogen-bond donors (Lipinski definition) is 2. The van der Waals surface area contributed by atoms with Crippen LogP contribution in [0.1, 0.15) is 11.1 Å². The number of carbonyl (C=O) groups is 1. The standard InChI is InChI=1S/C19H15ClN4O/c20-17-7-5-14(6-8-17)9-10-23-13-16(12-22)19(25)24-18-4-2-1-3-15(18)11-21/h1-8,13,23H,9-10H2,(H,24,25)/b16-13-. The normalized spacial score (nSPS) is 10.4. The lowest BCUT2D eigenvalue weighted by atomic mass is 10.1. The summed E-state index contributed by atoms with van der Waals surface area (Å²) in [6.07, 6.45) is 2.10. The first kappa shape index (κ1) is 18.1. The third-order valence-electron chi connectivity index (χ3n) is 3.38. The van der Waals surface area contributed by atoms with Crippen molar-refractivity contribution in [2.24, 2.45) is 0 Å². The first-order valence-corrected chi connectivity index (χ1v) is 7.90. The van der Waals surface area contributed by atoms with E-state index in [1.807, 2.05) is 36.4 Å². The fourth-order valence-electron chi connectivity index (χ4n) is 2.07. The average molecular weight is 351 g/mol. The third-order valence-corrected chi connectivity index (χ3v) is 3.63. The van der Waals surface area contributed by atoms with E-state index < -0.39 is 5.91 Å². The van der Waals surface area contributed by atoms with Crippen LogP contribution in [0, 0.1) is 22.7 Å². The maximum absolute atomic E-state index is 12.1. The summed E-state index contributed by atoms with van der Waals surface area (Å²) in [7, 11) is 0. The molecule has 0 unspecified atom stereocenters. The highest BCUT2D eigenvalue weighted by atomic mass is 35.5. The zero-order valence-corrected chi connectivity index (χ0v) is 14.0. The summed E-state index contributed by atoms with van der Waals surface area (Å²) in [5.74, 6) is -0.566. The van der Waals surface area contributed by atoms with Gasteiger partial charge < -0.3 is 10.6 Å². The van der Waals surface area contributed by atoms with E-state index in [1.165, 1.54) is 6.20 Å². The Morgan fingerprint density at radius 2 is 1.84 bits per heavy atom. The van der Waals surface area contributed by atoms with Gasteiger partial charge in [-0.15, -0.1) is 0 Å². The Balaban J connectivity index is 1.93. The van der Waals surface area contributed by atoms with Crippen molar-refractivity contribution in [1.29, 1.82) is 10.5 Å². The van der Waals surface area contributed by atoms with E-state index in [1.54, 1.807) is 24.3 Å². The number of rotatable bonds is 6. The molecule has 0 aliphatic rings. The van der Waals surface area contributed by atoms with Crippen LogP contribution in [0.2, 0.25) is 5.02 Å². The molecule has 0 bridgehead atoms. The number of hydrogen-bond acceptors (Lipinski definition) is 4. The van der Waals surface area contributed by atoms with Crippen LogP contribution < -0.4 is 10.6 Å². The first-order chi connectivity index (χ1) is 12.1. The lowest BCUT2D eigenvalue weighted by molar-refractivity contribution is -0.112. The van der Waals surface area contributed by atoms with Crippen LogP contribution in [0.5, 0.6) is 0 Å². The molecule has 0 aromatic heterocycles. The van der Waals surface area contributed by atoms with Gasteiger partial charge in [-0.3, -0.25) is 4.79 Å². The molecule has 124 valence electrons. The Labute approximate surface area is 151 Å². The van der Waals surface area contributed by atoms with Gasteiger partial charge in [-0.2, -0.15) is 10.5 Å². The second-order valence-electron chi connectivity index (χ2n) is 5.11. The predicted molar refractivity (Wildman–Crippen MR) is 96.6 cm³/mol. The van der Waals surface area contributed by atoms with Crippen molar-refractivity contribution < 1.29 is 4.79 Å². The summed E-state index contributed by atoms with van der Waals surface area (Å²) in [6, 6.07) is 17.9. The molecule has 0 radical (unpaired) electrons. The zero-order chi connectivity index (χ0) is 18.1. The summed E-state index contributed by atoms with van der Waals surface area (Å²) in [5.41, 5.74) is 1.74. The van der Waals surface area contributed by atoms with Crippen LogP contribution in [-0.2, 0) is 11.2 Å². The van der Waals surface area contributed by atoms with Crippen molar-refractivity contribution >= 4 is 23.2 Å². The maximum Gasteiger partial charge on any atom is 0.267 e. The molecule has 0 saturated heterocycles. The van der Waals surface area contributed by atoms with E-state index in [4.69, 9.17) is 22.1 Å². The number of carbonyl (C=O) groups excluding carboxylic acids is 1. The summed E-state index contributed by atoms with van der Waals surface area (Å²) < 4.78 is 0. The first-order valence-electron chi connectivity index (χ1n) is 7.52. The predicted octanol–water partition coefficient (Wildman–Crippen LogP) is 3.39. The van der Waals surface area contributed by atoms with Crippen molar-refractivity contribution in [3.63, 3.8) is 0 Å². The van der Waals surface area contributed by atoms with Gasteiger partial charge in [0, 0.05) is 17.8 Å². The minimum Gasteiger partial charge on any atom is -0.389 e. The monoisotopic (exact) mass is 350 g/mol. The number of nitrogens with one attached hydrogen (secondary N) is 2. The Kier molecular flexibility index (Phi) is 6.59. The van der Waals surface area contributed by atoms with E-state index >= 15 is 0 Å². The quantitative estimate of drug-likeness (QED) is 0.475. The van der Waals surface area contributed by atoms with Gasteiger partial charge >= 0.3 is 0 Å². The number of halogens is 1. The lowest BCUT2D eigenvalue weighted by Crippen LogP contribution is -2.18. The molecule has 2 N–H and O–H groups in total. The second-order valence-corrected chi connectivity index (χ2v) is 5.55. The third kappa shape index (κ3) is 5.39. The molecule has 0 heterocycles. The van der Waals surface area contributed by atoms with Gasteiger partial charge in [0.1, 0.15) is 17.7 Å². The van der Waals surface area contributed by atoms with E-state index in [0.717, 1.165) is 12.0 Å². The fraction of sp³-hybridized carbons (Fsp3) is 0.105. The van der Waals surface area contributed by atoms with Crippen LogP contribution >= 0.6 is 11.6 Å². The maximum atomic E-state index is 12.1. The summed E-state index contributed by atoms with van der Waals surface area (Å²) in [6.45, 7) is 0.564. The van der Waals surface area contributed by atoms with Crippen LogP contribution in [-0.4, -0.2) is 12.5 Å². The number of benzene rings is 2. The molecule has 1 amide bonds. The van der Waals surface area contributed by atoms with Gasteiger partial charge in [-0.05, 0) is 36.2 Å². The Bertz CT molecular complexity index is 860. The Morgan fingerprint density at radius 1 is 1.12 bits per heavy atom. The van der Waals surface area contributed by atoms with Crippen LogP contribution in [0.25, 0.3) is 0 Å². The molecule has 2 aromatic carbocycles. The lowest BCUT2D eigenvalue weighted by Gasteiger charge is -2.06. The minimum absolute atomic E-state index is 0.0659. The number of para-hydroxylation sites is 1. The van der Waals surface area contributed by atoms with Crippen LogP contribution in [0.15, 0.2) is 60.3 Å². The highest BCUT2D eigenvalue weighted by molar-refractivity contribution is 6.30. The molecule has 5 nitrogen and oxygen atoms in total. The largest absolute Gasteiger partial charge is 0.389 e. The molecule has 0 saturated carbocycles. The fourth-order valence-corrected chi connectivity index (χ4v) is 2.20. The topological polar surface area (TPSA) is 88.7 Å². The SMILES string of the molecule is N#C/C(=C/NCCc1ccc(Cl)cc1)C(=O)Nc1ccccc1C#N. The number of amides is 1. The highest BCUT2D eigenvalue weighted by Crippen LogP contribution is 2.14. The van der Waals surface area contributed by atoms with Gasteiger partial charge in [0.2, 0.25) is 0 Å². The number of anilines is 1. The minimum atomic E-state index is -0.566. The van der Waals surface area contributed by atoms with E-state index in [2.05, 4.69) is 10.6 Å².